The molecule has 1 aliphatic heterocycles. The molecule has 0 fully saturated rings. The minimum atomic E-state index is -0.400. The van der Waals surface area contributed by atoms with E-state index < -0.39 is 5.82 Å². The van der Waals surface area contributed by atoms with Gasteiger partial charge in [-0.15, -0.1) is 0 Å². The molecule has 0 spiro atoms. The van der Waals surface area contributed by atoms with Gasteiger partial charge in [-0.3, -0.25) is 14.5 Å². The molecule has 118 valence electrons. The van der Waals surface area contributed by atoms with Crippen molar-refractivity contribution < 1.29 is 18.7 Å². The zero-order valence-electron chi connectivity index (χ0n) is 12.1. The Kier molecular flexibility index (Phi) is 4.43. The maximum absolute atomic E-state index is 13.4. The SMILES string of the molecule is O=C1c2ccccc2C(=O)N1CCCOc1ccc(Br)c(F)c1. The molecule has 0 aromatic heterocycles. The van der Waals surface area contributed by atoms with E-state index in [2.05, 4.69) is 15.9 Å². The van der Waals surface area contributed by atoms with E-state index in [0.717, 1.165) is 0 Å². The molecule has 0 aliphatic carbocycles. The molecule has 3 rings (SSSR count). The van der Waals surface area contributed by atoms with Crippen LogP contribution in [0.5, 0.6) is 5.75 Å². The molecular weight excluding hydrogens is 365 g/mol. The normalized spacial score (nSPS) is 13.4. The second-order valence-corrected chi connectivity index (χ2v) is 5.94. The third-order valence-electron chi connectivity index (χ3n) is 3.56. The first-order chi connectivity index (χ1) is 11.1. The number of fused-ring (bicyclic) bond motifs is 1. The van der Waals surface area contributed by atoms with Crippen molar-refractivity contribution in [3.63, 3.8) is 0 Å². The fraction of sp³-hybridized carbons (Fsp3) is 0.176. The van der Waals surface area contributed by atoms with Crippen LogP contribution in [0.1, 0.15) is 27.1 Å². The van der Waals surface area contributed by atoms with Gasteiger partial charge in [-0.25, -0.2) is 4.39 Å². The maximum Gasteiger partial charge on any atom is 0.261 e. The largest absolute Gasteiger partial charge is 0.493 e. The molecule has 4 nitrogen and oxygen atoms in total. The Morgan fingerprint density at radius 3 is 2.30 bits per heavy atom. The summed E-state index contributed by atoms with van der Waals surface area (Å²) in [6.07, 6.45) is 0.475. The van der Waals surface area contributed by atoms with Crippen LogP contribution in [0, 0.1) is 5.82 Å². The second kappa shape index (κ2) is 6.50. The number of carbonyl (C=O) groups is 2. The van der Waals surface area contributed by atoms with Crippen molar-refractivity contribution in [3.05, 3.63) is 63.9 Å². The van der Waals surface area contributed by atoms with Crippen LogP contribution in [-0.4, -0.2) is 29.9 Å². The summed E-state index contributed by atoms with van der Waals surface area (Å²) >= 11 is 3.07. The number of benzene rings is 2. The molecule has 0 saturated heterocycles. The van der Waals surface area contributed by atoms with Gasteiger partial charge in [0.25, 0.3) is 11.8 Å². The summed E-state index contributed by atoms with van der Waals surface area (Å²) in [5.41, 5.74) is 0.877. The number of hydrogen-bond donors (Lipinski definition) is 0. The molecular formula is C17H13BrFNO3. The lowest BCUT2D eigenvalue weighted by Gasteiger charge is -2.14. The molecule has 0 N–H and O–H groups in total. The lowest BCUT2D eigenvalue weighted by Crippen LogP contribution is -2.31. The van der Waals surface area contributed by atoms with Gasteiger partial charge in [0.1, 0.15) is 11.6 Å². The van der Waals surface area contributed by atoms with E-state index in [1.807, 2.05) is 0 Å². The van der Waals surface area contributed by atoms with E-state index >= 15 is 0 Å². The van der Waals surface area contributed by atoms with Crippen molar-refractivity contribution in [2.45, 2.75) is 6.42 Å². The first kappa shape index (κ1) is 15.7. The Morgan fingerprint density at radius 2 is 1.70 bits per heavy atom. The first-order valence-corrected chi connectivity index (χ1v) is 7.90. The Balaban J connectivity index is 1.55. The molecule has 2 amide bonds. The average molecular weight is 378 g/mol. The van der Waals surface area contributed by atoms with E-state index in [1.54, 1.807) is 36.4 Å². The number of hydrogen-bond acceptors (Lipinski definition) is 3. The van der Waals surface area contributed by atoms with Gasteiger partial charge in [-0.1, -0.05) is 12.1 Å². The minimum Gasteiger partial charge on any atom is -0.493 e. The summed E-state index contributed by atoms with van der Waals surface area (Å²) in [7, 11) is 0. The van der Waals surface area contributed by atoms with E-state index in [9.17, 15) is 14.0 Å². The predicted molar refractivity (Wildman–Crippen MR) is 86.0 cm³/mol. The Hall–Kier alpha value is -2.21. The van der Waals surface area contributed by atoms with Gasteiger partial charge >= 0.3 is 0 Å². The van der Waals surface area contributed by atoms with Gasteiger partial charge in [0.05, 0.1) is 22.2 Å². The average Bonchev–Trinajstić information content (AvgIpc) is 2.80. The second-order valence-electron chi connectivity index (χ2n) is 5.09. The molecule has 6 heteroatoms. The third kappa shape index (κ3) is 3.12. The van der Waals surface area contributed by atoms with E-state index in [-0.39, 0.29) is 25.0 Å². The number of carbonyl (C=O) groups excluding carboxylic acids is 2. The van der Waals surface area contributed by atoms with Crippen molar-refractivity contribution >= 4 is 27.7 Å². The highest BCUT2D eigenvalue weighted by atomic mass is 79.9. The van der Waals surface area contributed by atoms with E-state index in [0.29, 0.717) is 27.8 Å². The van der Waals surface area contributed by atoms with Crippen molar-refractivity contribution in [3.8, 4) is 5.75 Å². The zero-order chi connectivity index (χ0) is 16.4. The molecule has 2 aromatic rings. The minimum absolute atomic E-state index is 0.269. The van der Waals surface area contributed by atoms with Crippen LogP contribution in [-0.2, 0) is 0 Å². The van der Waals surface area contributed by atoms with Crippen LogP contribution >= 0.6 is 15.9 Å². The van der Waals surface area contributed by atoms with E-state index in [4.69, 9.17) is 4.74 Å². The summed E-state index contributed by atoms with van der Waals surface area (Å²) in [5.74, 6) is -0.545. The van der Waals surface area contributed by atoms with Crippen LogP contribution in [0.2, 0.25) is 0 Å². The van der Waals surface area contributed by atoms with Gasteiger partial charge in [-0.2, -0.15) is 0 Å². The molecule has 0 saturated carbocycles. The van der Waals surface area contributed by atoms with Gasteiger partial charge in [0.15, 0.2) is 0 Å². The monoisotopic (exact) mass is 377 g/mol. The fourth-order valence-electron chi connectivity index (χ4n) is 2.42. The molecule has 0 atom stereocenters. The van der Waals surface area contributed by atoms with Crippen LogP contribution in [0.15, 0.2) is 46.9 Å². The molecule has 1 heterocycles. The summed E-state index contributed by atoms with van der Waals surface area (Å²) in [6, 6.07) is 11.3. The molecule has 1 aliphatic rings. The standard InChI is InChI=1S/C17H13BrFNO3/c18-14-7-6-11(10-15(14)19)23-9-3-8-20-16(21)12-4-1-2-5-13(12)17(20)22/h1-2,4-7,10H,3,8-9H2. The predicted octanol–water partition coefficient (Wildman–Crippen LogP) is 3.65. The Labute approximate surface area is 141 Å². The fourth-order valence-corrected chi connectivity index (χ4v) is 2.67. The highest BCUT2D eigenvalue weighted by Crippen LogP contribution is 2.23. The van der Waals surface area contributed by atoms with Crippen molar-refractivity contribution in [1.82, 2.24) is 4.90 Å². The topological polar surface area (TPSA) is 46.6 Å². The summed E-state index contributed by atoms with van der Waals surface area (Å²) in [5, 5.41) is 0. The molecule has 0 bridgehead atoms. The van der Waals surface area contributed by atoms with Gasteiger partial charge in [0, 0.05) is 12.6 Å². The Morgan fingerprint density at radius 1 is 1.04 bits per heavy atom. The summed E-state index contributed by atoms with van der Waals surface area (Å²) in [4.78, 5) is 25.5. The smallest absolute Gasteiger partial charge is 0.261 e. The molecule has 2 aromatic carbocycles. The number of rotatable bonds is 5. The van der Waals surface area contributed by atoms with Gasteiger partial charge in [0.2, 0.25) is 0 Å². The van der Waals surface area contributed by atoms with Crippen molar-refractivity contribution in [2.24, 2.45) is 0 Å². The highest BCUT2D eigenvalue weighted by molar-refractivity contribution is 9.10. The van der Waals surface area contributed by atoms with Crippen LogP contribution in [0.3, 0.4) is 0 Å². The van der Waals surface area contributed by atoms with E-state index in [1.165, 1.54) is 11.0 Å². The lowest BCUT2D eigenvalue weighted by molar-refractivity contribution is 0.0647. The molecule has 0 radical (unpaired) electrons. The molecule has 0 unspecified atom stereocenters. The number of amides is 2. The summed E-state index contributed by atoms with van der Waals surface area (Å²) in [6.45, 7) is 0.555. The maximum atomic E-state index is 13.4. The van der Waals surface area contributed by atoms with Gasteiger partial charge < -0.3 is 4.74 Å². The number of halogens is 2. The zero-order valence-corrected chi connectivity index (χ0v) is 13.7. The third-order valence-corrected chi connectivity index (χ3v) is 4.21. The van der Waals surface area contributed by atoms with Crippen LogP contribution < -0.4 is 4.74 Å². The summed E-state index contributed by atoms with van der Waals surface area (Å²) < 4.78 is 19.2. The Bertz CT molecular complexity index is 743. The van der Waals surface area contributed by atoms with Crippen molar-refractivity contribution in [2.75, 3.05) is 13.2 Å². The van der Waals surface area contributed by atoms with Gasteiger partial charge in [-0.05, 0) is 46.6 Å². The number of imide groups is 1. The quantitative estimate of drug-likeness (QED) is 0.590. The van der Waals surface area contributed by atoms with Crippen molar-refractivity contribution in [1.29, 1.82) is 0 Å². The van der Waals surface area contributed by atoms with Crippen LogP contribution in [0.4, 0.5) is 4.39 Å². The number of ether oxygens (including phenoxy) is 1. The highest BCUT2D eigenvalue weighted by Gasteiger charge is 2.34. The number of nitrogens with zero attached hydrogens (tertiary/aromatic N) is 1. The first-order valence-electron chi connectivity index (χ1n) is 7.11. The lowest BCUT2D eigenvalue weighted by atomic mass is 10.1. The van der Waals surface area contributed by atoms with Crippen LogP contribution in [0.25, 0.3) is 0 Å². The molecule has 23 heavy (non-hydrogen) atoms.